The summed E-state index contributed by atoms with van der Waals surface area (Å²) in [6, 6.07) is 0. The van der Waals surface area contributed by atoms with Crippen LogP contribution in [0.5, 0.6) is 0 Å². The van der Waals surface area contributed by atoms with E-state index in [1.54, 1.807) is 0 Å². The molecule has 0 nitrogen and oxygen atoms in total. The number of hydrogen-bond acceptors (Lipinski definition) is 0. The zero-order chi connectivity index (χ0) is 12.0. The van der Waals surface area contributed by atoms with Gasteiger partial charge in [0.05, 0.1) is 0 Å². The minimum absolute atomic E-state index is 0.924. The van der Waals surface area contributed by atoms with Crippen molar-refractivity contribution in [1.82, 2.24) is 0 Å². The van der Waals surface area contributed by atoms with Gasteiger partial charge in [-0.1, -0.05) is 66.2 Å². The highest BCUT2D eigenvalue weighted by atomic mass is 14.3. The zero-order valence-electron chi connectivity index (χ0n) is 12.0. The normalized spacial score (nSPS) is 21.4. The van der Waals surface area contributed by atoms with Crippen molar-refractivity contribution in [3.63, 3.8) is 0 Å². The Balaban J connectivity index is 0.000000165. The first-order valence-corrected chi connectivity index (χ1v) is 7.58. The van der Waals surface area contributed by atoms with Crippen LogP contribution in [0.1, 0.15) is 79.1 Å². The van der Waals surface area contributed by atoms with E-state index in [0.29, 0.717) is 0 Å². The maximum Gasteiger partial charge on any atom is -0.0412 e. The van der Waals surface area contributed by atoms with Crippen molar-refractivity contribution in [2.45, 2.75) is 79.1 Å². The van der Waals surface area contributed by atoms with Crippen molar-refractivity contribution in [3.8, 4) is 0 Å². The van der Waals surface area contributed by atoms with Gasteiger partial charge in [-0.25, -0.2) is 0 Å². The molecule has 0 aromatic carbocycles. The molecule has 0 unspecified atom stereocenters. The van der Waals surface area contributed by atoms with Gasteiger partial charge >= 0.3 is 0 Å². The van der Waals surface area contributed by atoms with Gasteiger partial charge in [-0.15, -0.1) is 0 Å². The molecule has 2 aliphatic rings. The predicted molar refractivity (Wildman–Crippen MR) is 73.6 cm³/mol. The summed E-state index contributed by atoms with van der Waals surface area (Å²) in [5, 5.41) is 0. The molecule has 0 heterocycles. The molecule has 0 aromatic heterocycles. The Kier molecular flexibility index (Phi) is 6.46. The highest BCUT2D eigenvalue weighted by Gasteiger charge is 2.21. The third-order valence-electron chi connectivity index (χ3n) is 3.78. The van der Waals surface area contributed by atoms with Crippen LogP contribution in [-0.4, -0.2) is 0 Å². The largest absolute Gasteiger partial charge is 0.0628 e. The molecule has 96 valence electrons. The quantitative estimate of drug-likeness (QED) is 0.577. The van der Waals surface area contributed by atoms with E-state index in [9.17, 15) is 0 Å². The van der Waals surface area contributed by atoms with E-state index >= 15 is 0 Å². The molecule has 2 rings (SSSR count). The molecule has 0 radical (unpaired) electrons. The fourth-order valence-electron chi connectivity index (χ4n) is 2.93. The number of hydrogen-bond donors (Lipinski definition) is 0. The second kappa shape index (κ2) is 7.35. The van der Waals surface area contributed by atoms with E-state index in [-0.39, 0.29) is 0 Å². The van der Waals surface area contributed by atoms with Crippen LogP contribution in [0.2, 0.25) is 0 Å². The first-order valence-electron chi connectivity index (χ1n) is 7.58. The maximum absolute atomic E-state index is 2.33. The molecule has 0 heteroatoms. The van der Waals surface area contributed by atoms with Crippen molar-refractivity contribution >= 4 is 0 Å². The van der Waals surface area contributed by atoms with E-state index < -0.39 is 0 Å². The topological polar surface area (TPSA) is 0 Å². The van der Waals surface area contributed by atoms with Crippen LogP contribution in [0.3, 0.4) is 0 Å². The summed E-state index contributed by atoms with van der Waals surface area (Å²) < 4.78 is 0. The summed E-state index contributed by atoms with van der Waals surface area (Å²) in [5.74, 6) is 4.07. The van der Waals surface area contributed by atoms with Crippen LogP contribution in [0, 0.1) is 23.7 Å². The first kappa shape index (κ1) is 14.1. The van der Waals surface area contributed by atoms with Gasteiger partial charge in [0.25, 0.3) is 0 Å². The van der Waals surface area contributed by atoms with E-state index in [2.05, 4.69) is 27.7 Å². The molecule has 0 atom stereocenters. The Labute approximate surface area is 103 Å². The second-order valence-corrected chi connectivity index (χ2v) is 6.85. The Hall–Kier alpha value is 0. The summed E-state index contributed by atoms with van der Waals surface area (Å²) in [6.07, 6.45) is 12.0. The SMILES string of the molecule is CC(C)CC1CC1.CC(C)CC1CCCC1. The lowest BCUT2D eigenvalue weighted by Crippen LogP contribution is -1.98. The highest BCUT2D eigenvalue weighted by molar-refractivity contribution is 4.73. The molecule has 0 N–H and O–H groups in total. The molecule has 0 aliphatic heterocycles. The van der Waals surface area contributed by atoms with Crippen molar-refractivity contribution in [2.24, 2.45) is 23.7 Å². The molecule has 2 saturated carbocycles. The van der Waals surface area contributed by atoms with Crippen LogP contribution in [0.25, 0.3) is 0 Å². The molecule has 0 spiro atoms. The van der Waals surface area contributed by atoms with Crippen LogP contribution >= 0.6 is 0 Å². The average molecular weight is 224 g/mol. The van der Waals surface area contributed by atoms with Gasteiger partial charge in [0.15, 0.2) is 0 Å². The van der Waals surface area contributed by atoms with Crippen molar-refractivity contribution in [3.05, 3.63) is 0 Å². The van der Waals surface area contributed by atoms with Crippen molar-refractivity contribution in [2.75, 3.05) is 0 Å². The minimum atomic E-state index is 0.924. The minimum Gasteiger partial charge on any atom is -0.0628 e. The molecule has 16 heavy (non-hydrogen) atoms. The van der Waals surface area contributed by atoms with E-state index in [1.165, 1.54) is 51.4 Å². The van der Waals surface area contributed by atoms with Gasteiger partial charge < -0.3 is 0 Å². The van der Waals surface area contributed by atoms with Gasteiger partial charge in [-0.2, -0.15) is 0 Å². The maximum atomic E-state index is 2.33. The Morgan fingerprint density at radius 1 is 0.688 bits per heavy atom. The first-order chi connectivity index (χ1) is 7.58. The molecule has 2 fully saturated rings. The van der Waals surface area contributed by atoms with E-state index in [4.69, 9.17) is 0 Å². The van der Waals surface area contributed by atoms with Gasteiger partial charge in [0.1, 0.15) is 0 Å². The fraction of sp³-hybridized carbons (Fsp3) is 1.00. The highest BCUT2D eigenvalue weighted by Crippen LogP contribution is 2.34. The molecular formula is C16H32. The molecule has 0 aromatic rings. The summed E-state index contributed by atoms with van der Waals surface area (Å²) in [6.45, 7) is 9.27. The molecule has 0 bridgehead atoms. The molecule has 0 amide bonds. The zero-order valence-corrected chi connectivity index (χ0v) is 12.0. The lowest BCUT2D eigenvalue weighted by molar-refractivity contribution is 0.419. The van der Waals surface area contributed by atoms with Crippen LogP contribution in [-0.2, 0) is 0 Å². The summed E-state index contributed by atoms with van der Waals surface area (Å²) in [4.78, 5) is 0. The van der Waals surface area contributed by atoms with Gasteiger partial charge in [0, 0.05) is 0 Å². The Bertz CT molecular complexity index is 159. The number of rotatable bonds is 4. The van der Waals surface area contributed by atoms with Crippen LogP contribution in [0.4, 0.5) is 0 Å². The van der Waals surface area contributed by atoms with Gasteiger partial charge in [-0.3, -0.25) is 0 Å². The predicted octanol–water partition coefficient (Wildman–Crippen LogP) is 5.67. The standard InChI is InChI=1S/C9H18.C7H14/c1-8(2)7-9-5-3-4-6-9;1-6(2)5-7-3-4-7/h8-9H,3-7H2,1-2H3;6-7H,3-5H2,1-2H3. The fourth-order valence-corrected chi connectivity index (χ4v) is 2.93. The third-order valence-corrected chi connectivity index (χ3v) is 3.78. The van der Waals surface area contributed by atoms with Crippen LogP contribution in [0.15, 0.2) is 0 Å². The van der Waals surface area contributed by atoms with Crippen molar-refractivity contribution in [1.29, 1.82) is 0 Å². The molecule has 0 saturated heterocycles. The smallest absolute Gasteiger partial charge is 0.0412 e. The Morgan fingerprint density at radius 2 is 1.06 bits per heavy atom. The molecule has 2 aliphatic carbocycles. The van der Waals surface area contributed by atoms with E-state index in [1.807, 2.05) is 0 Å². The summed E-state index contributed by atoms with van der Waals surface area (Å²) >= 11 is 0. The summed E-state index contributed by atoms with van der Waals surface area (Å²) in [5.41, 5.74) is 0. The van der Waals surface area contributed by atoms with E-state index in [0.717, 1.165) is 23.7 Å². The van der Waals surface area contributed by atoms with Crippen LogP contribution < -0.4 is 0 Å². The van der Waals surface area contributed by atoms with Crippen molar-refractivity contribution < 1.29 is 0 Å². The Morgan fingerprint density at radius 3 is 1.38 bits per heavy atom. The molecular weight excluding hydrogens is 192 g/mol. The lowest BCUT2D eigenvalue weighted by atomic mass is 9.96. The second-order valence-electron chi connectivity index (χ2n) is 6.85. The monoisotopic (exact) mass is 224 g/mol. The summed E-state index contributed by atoms with van der Waals surface area (Å²) in [7, 11) is 0. The lowest BCUT2D eigenvalue weighted by Gasteiger charge is -2.10. The average Bonchev–Trinajstić information content (AvgIpc) is 2.80. The van der Waals surface area contributed by atoms with Gasteiger partial charge in [0.2, 0.25) is 0 Å². The van der Waals surface area contributed by atoms with Gasteiger partial charge in [-0.05, 0) is 36.5 Å². The third kappa shape index (κ3) is 7.30.